The highest BCUT2D eigenvalue weighted by molar-refractivity contribution is 5.93. The molecule has 0 saturated carbocycles. The third-order valence-corrected chi connectivity index (χ3v) is 3.37. The number of anilines is 1. The summed E-state index contributed by atoms with van der Waals surface area (Å²) in [5, 5.41) is 6.12. The van der Waals surface area contributed by atoms with Crippen molar-refractivity contribution >= 4 is 11.6 Å². The number of hydrogen-bond donors (Lipinski definition) is 2. The first kappa shape index (κ1) is 17.5. The fourth-order valence-corrected chi connectivity index (χ4v) is 2.18. The first-order chi connectivity index (χ1) is 10.1. The number of nitrogens with one attached hydrogen (secondary N) is 2. The highest BCUT2D eigenvalue weighted by atomic mass is 16.1. The monoisotopic (exact) mass is 291 g/mol. The molecule has 0 bridgehead atoms. The van der Waals surface area contributed by atoms with E-state index < -0.39 is 0 Å². The first-order valence-electron chi connectivity index (χ1n) is 8.11. The number of carbonyl (C=O) groups excluding carboxylic acids is 1. The first-order valence-corrected chi connectivity index (χ1v) is 8.11. The summed E-state index contributed by atoms with van der Waals surface area (Å²) < 4.78 is 0. The van der Waals surface area contributed by atoms with Crippen LogP contribution in [0.25, 0.3) is 0 Å². The van der Waals surface area contributed by atoms with E-state index in [4.69, 9.17) is 0 Å². The van der Waals surface area contributed by atoms with Crippen molar-refractivity contribution in [3.8, 4) is 0 Å². The number of carbonyl (C=O) groups is 1. The standard InChI is InChI=1S/C17H29N3O/c1-4-18-17(21)16-13-15(10-12-20-16)19-11-8-6-5-7-9-14(2)3/h10,12-14H,4-9,11H2,1-3H3,(H,18,21)(H,19,20). The number of hydrogen-bond acceptors (Lipinski definition) is 3. The van der Waals surface area contributed by atoms with Gasteiger partial charge in [0.2, 0.25) is 0 Å². The van der Waals surface area contributed by atoms with Gasteiger partial charge in [-0.15, -0.1) is 0 Å². The lowest BCUT2D eigenvalue weighted by atomic mass is 10.0. The topological polar surface area (TPSA) is 54.0 Å². The predicted octanol–water partition coefficient (Wildman–Crippen LogP) is 3.85. The summed E-state index contributed by atoms with van der Waals surface area (Å²) in [4.78, 5) is 15.8. The SMILES string of the molecule is CCNC(=O)c1cc(NCCCCCCC(C)C)ccn1. The Balaban J connectivity index is 2.23. The van der Waals surface area contributed by atoms with E-state index in [1.807, 2.05) is 19.1 Å². The highest BCUT2D eigenvalue weighted by Gasteiger charge is 2.05. The summed E-state index contributed by atoms with van der Waals surface area (Å²) in [6.07, 6.45) is 8.06. The molecular weight excluding hydrogens is 262 g/mol. The molecule has 4 nitrogen and oxygen atoms in total. The molecule has 21 heavy (non-hydrogen) atoms. The zero-order chi connectivity index (χ0) is 15.5. The van der Waals surface area contributed by atoms with Crippen LogP contribution in [0.15, 0.2) is 18.3 Å². The van der Waals surface area contributed by atoms with Gasteiger partial charge >= 0.3 is 0 Å². The molecule has 0 saturated heterocycles. The molecule has 1 rings (SSSR count). The quantitative estimate of drug-likeness (QED) is 0.644. The fourth-order valence-electron chi connectivity index (χ4n) is 2.18. The van der Waals surface area contributed by atoms with E-state index in [1.165, 1.54) is 25.7 Å². The van der Waals surface area contributed by atoms with Crippen molar-refractivity contribution in [2.24, 2.45) is 5.92 Å². The van der Waals surface area contributed by atoms with Gasteiger partial charge in [-0.25, -0.2) is 0 Å². The number of nitrogens with zero attached hydrogens (tertiary/aromatic N) is 1. The maximum atomic E-state index is 11.7. The Bertz CT molecular complexity index is 418. The molecule has 0 atom stereocenters. The Morgan fingerprint density at radius 1 is 1.24 bits per heavy atom. The largest absolute Gasteiger partial charge is 0.385 e. The van der Waals surface area contributed by atoms with Crippen molar-refractivity contribution in [1.82, 2.24) is 10.3 Å². The van der Waals surface area contributed by atoms with Gasteiger partial charge in [0.1, 0.15) is 5.69 Å². The minimum atomic E-state index is -0.116. The van der Waals surface area contributed by atoms with Crippen LogP contribution in [0.4, 0.5) is 5.69 Å². The molecule has 1 aromatic rings. The van der Waals surface area contributed by atoms with Crippen LogP contribution in [-0.2, 0) is 0 Å². The molecule has 1 heterocycles. The lowest BCUT2D eigenvalue weighted by Crippen LogP contribution is -2.23. The van der Waals surface area contributed by atoms with Crippen molar-refractivity contribution < 1.29 is 4.79 Å². The Hall–Kier alpha value is -1.58. The molecule has 4 heteroatoms. The molecule has 0 radical (unpaired) electrons. The molecular formula is C17H29N3O. The van der Waals surface area contributed by atoms with Crippen LogP contribution in [0, 0.1) is 5.92 Å². The lowest BCUT2D eigenvalue weighted by Gasteiger charge is -2.08. The highest BCUT2D eigenvalue weighted by Crippen LogP contribution is 2.11. The molecule has 1 amide bonds. The third-order valence-electron chi connectivity index (χ3n) is 3.37. The molecule has 1 aromatic heterocycles. The summed E-state index contributed by atoms with van der Waals surface area (Å²) in [7, 11) is 0. The van der Waals surface area contributed by atoms with Gasteiger partial charge in [0.25, 0.3) is 5.91 Å². The Morgan fingerprint density at radius 3 is 2.71 bits per heavy atom. The number of amides is 1. The second kappa shape index (κ2) is 10.2. The van der Waals surface area contributed by atoms with E-state index in [2.05, 4.69) is 29.5 Å². The van der Waals surface area contributed by atoms with Crippen LogP contribution in [-0.4, -0.2) is 24.0 Å². The molecule has 0 spiro atoms. The van der Waals surface area contributed by atoms with Crippen molar-refractivity contribution in [2.75, 3.05) is 18.4 Å². The Labute approximate surface area is 128 Å². The Kier molecular flexibility index (Phi) is 8.48. The number of pyridine rings is 1. The zero-order valence-electron chi connectivity index (χ0n) is 13.6. The normalized spacial score (nSPS) is 10.7. The van der Waals surface area contributed by atoms with Crippen LogP contribution in [0.1, 0.15) is 63.4 Å². The third kappa shape index (κ3) is 7.69. The molecule has 0 aliphatic carbocycles. The second-order valence-corrected chi connectivity index (χ2v) is 5.81. The smallest absolute Gasteiger partial charge is 0.269 e. The van der Waals surface area contributed by atoms with Crippen LogP contribution in [0.2, 0.25) is 0 Å². The molecule has 118 valence electrons. The zero-order valence-corrected chi connectivity index (χ0v) is 13.6. The van der Waals surface area contributed by atoms with E-state index in [-0.39, 0.29) is 5.91 Å². The maximum absolute atomic E-state index is 11.7. The van der Waals surface area contributed by atoms with Crippen molar-refractivity contribution in [3.63, 3.8) is 0 Å². The van der Waals surface area contributed by atoms with Gasteiger partial charge in [0.05, 0.1) is 0 Å². The van der Waals surface area contributed by atoms with Crippen LogP contribution >= 0.6 is 0 Å². The second-order valence-electron chi connectivity index (χ2n) is 5.81. The van der Waals surface area contributed by atoms with Gasteiger partial charge in [-0.3, -0.25) is 9.78 Å². The van der Waals surface area contributed by atoms with Gasteiger partial charge in [-0.2, -0.15) is 0 Å². The van der Waals surface area contributed by atoms with Gasteiger partial charge in [0.15, 0.2) is 0 Å². The molecule has 0 unspecified atom stereocenters. The molecule has 0 fully saturated rings. The van der Waals surface area contributed by atoms with Gasteiger partial charge in [-0.1, -0.05) is 39.5 Å². The molecule has 0 aliphatic rings. The summed E-state index contributed by atoms with van der Waals surface area (Å²) in [6.45, 7) is 8.02. The predicted molar refractivity (Wildman–Crippen MR) is 88.7 cm³/mol. The summed E-state index contributed by atoms with van der Waals surface area (Å²) in [5.41, 5.74) is 1.44. The van der Waals surface area contributed by atoms with Gasteiger partial charge < -0.3 is 10.6 Å². The van der Waals surface area contributed by atoms with Crippen molar-refractivity contribution in [3.05, 3.63) is 24.0 Å². The van der Waals surface area contributed by atoms with Crippen LogP contribution in [0.3, 0.4) is 0 Å². The minimum absolute atomic E-state index is 0.116. The molecule has 2 N–H and O–H groups in total. The van der Waals surface area contributed by atoms with Crippen molar-refractivity contribution in [2.45, 2.75) is 52.9 Å². The average molecular weight is 291 g/mol. The van der Waals surface area contributed by atoms with Gasteiger partial charge in [-0.05, 0) is 31.4 Å². The van der Waals surface area contributed by atoms with E-state index in [1.54, 1.807) is 6.20 Å². The summed E-state index contributed by atoms with van der Waals surface area (Å²) in [5.74, 6) is 0.697. The maximum Gasteiger partial charge on any atom is 0.269 e. The molecule has 0 aromatic carbocycles. The summed E-state index contributed by atoms with van der Waals surface area (Å²) in [6, 6.07) is 3.71. The van der Waals surface area contributed by atoms with E-state index >= 15 is 0 Å². The van der Waals surface area contributed by atoms with E-state index in [9.17, 15) is 4.79 Å². The van der Waals surface area contributed by atoms with Crippen LogP contribution in [0.5, 0.6) is 0 Å². The van der Waals surface area contributed by atoms with Gasteiger partial charge in [0, 0.05) is 25.0 Å². The number of rotatable bonds is 10. The van der Waals surface area contributed by atoms with E-state index in [0.717, 1.165) is 24.6 Å². The van der Waals surface area contributed by atoms with E-state index in [0.29, 0.717) is 12.2 Å². The summed E-state index contributed by atoms with van der Waals surface area (Å²) >= 11 is 0. The Morgan fingerprint density at radius 2 is 2.00 bits per heavy atom. The number of aromatic nitrogens is 1. The van der Waals surface area contributed by atoms with Crippen molar-refractivity contribution in [1.29, 1.82) is 0 Å². The number of unbranched alkanes of at least 4 members (excludes halogenated alkanes) is 3. The molecule has 0 aliphatic heterocycles. The minimum Gasteiger partial charge on any atom is -0.385 e. The average Bonchev–Trinajstić information content (AvgIpc) is 2.46. The van der Waals surface area contributed by atoms with Crippen LogP contribution < -0.4 is 10.6 Å². The fraction of sp³-hybridized carbons (Fsp3) is 0.647. The lowest BCUT2D eigenvalue weighted by molar-refractivity contribution is 0.0951.